The number of nitrogens with two attached hydrogens (primary N) is 1. The Morgan fingerprint density at radius 3 is 2.83 bits per heavy atom. The minimum absolute atomic E-state index is 0.307. The second-order valence-electron chi connectivity index (χ2n) is 3.87. The van der Waals surface area contributed by atoms with E-state index >= 15 is 0 Å². The first-order valence-corrected chi connectivity index (χ1v) is 6.70. The van der Waals surface area contributed by atoms with Crippen molar-refractivity contribution < 1.29 is 14.7 Å². The number of rotatable bonds is 2. The van der Waals surface area contributed by atoms with Crippen LogP contribution in [0.3, 0.4) is 0 Å². The maximum Gasteiger partial charge on any atom is 0.327 e. The van der Waals surface area contributed by atoms with Gasteiger partial charge in [-0.25, -0.2) is 4.79 Å². The average Bonchev–Trinajstić information content (AvgIpc) is 2.81. The Morgan fingerprint density at radius 1 is 1.50 bits per heavy atom. The first-order valence-electron chi connectivity index (χ1n) is 5.17. The molecule has 7 heteroatoms. The van der Waals surface area contributed by atoms with E-state index < -0.39 is 12.0 Å². The molecule has 3 N–H and O–H groups in total. The van der Waals surface area contributed by atoms with Crippen molar-refractivity contribution in [2.24, 2.45) is 0 Å². The molecule has 96 valence electrons. The molecule has 1 saturated heterocycles. The van der Waals surface area contributed by atoms with Crippen molar-refractivity contribution in [2.75, 3.05) is 17.4 Å². The Morgan fingerprint density at radius 2 is 2.22 bits per heavy atom. The highest BCUT2D eigenvalue weighted by Gasteiger charge is 2.35. The highest BCUT2D eigenvalue weighted by atomic mass is 35.5. The summed E-state index contributed by atoms with van der Waals surface area (Å²) in [5.41, 5.74) is 6.29. The summed E-state index contributed by atoms with van der Waals surface area (Å²) in [5, 5.41) is 9.40. The van der Waals surface area contributed by atoms with Crippen molar-refractivity contribution in [3.05, 3.63) is 28.8 Å². The molecule has 1 fully saturated rings. The van der Waals surface area contributed by atoms with Crippen LogP contribution in [0.15, 0.2) is 18.2 Å². The van der Waals surface area contributed by atoms with Gasteiger partial charge < -0.3 is 15.7 Å². The summed E-state index contributed by atoms with van der Waals surface area (Å²) in [6.07, 6.45) is 0. The van der Waals surface area contributed by atoms with Crippen LogP contribution in [0.1, 0.15) is 10.4 Å². The molecule has 0 aliphatic carbocycles. The van der Waals surface area contributed by atoms with E-state index in [2.05, 4.69) is 0 Å². The van der Waals surface area contributed by atoms with Crippen molar-refractivity contribution in [3.63, 3.8) is 0 Å². The Bertz CT molecular complexity index is 509. The third-order valence-electron chi connectivity index (χ3n) is 2.67. The number of halogens is 1. The number of aliphatic carboxylic acids is 1. The number of hydrogen-bond donors (Lipinski definition) is 2. The molecule has 1 amide bonds. The van der Waals surface area contributed by atoms with Crippen LogP contribution < -0.4 is 5.73 Å². The number of carboxylic acid groups (broad SMARTS) is 1. The lowest BCUT2D eigenvalue weighted by molar-refractivity contribution is -0.140. The zero-order chi connectivity index (χ0) is 13.3. The molecule has 1 aliphatic rings. The number of carbonyl (C=O) groups excluding carboxylic acids is 1. The van der Waals surface area contributed by atoms with Gasteiger partial charge >= 0.3 is 5.97 Å². The minimum atomic E-state index is -0.990. The molecule has 1 aromatic carbocycles. The fourth-order valence-electron chi connectivity index (χ4n) is 1.69. The molecule has 1 heterocycles. The molecule has 0 bridgehead atoms. The van der Waals surface area contributed by atoms with E-state index in [1.165, 1.54) is 28.8 Å². The molecule has 0 spiro atoms. The van der Waals surface area contributed by atoms with Crippen molar-refractivity contribution in [1.29, 1.82) is 0 Å². The van der Waals surface area contributed by atoms with E-state index in [-0.39, 0.29) is 5.91 Å². The topological polar surface area (TPSA) is 83.6 Å². The monoisotopic (exact) mass is 286 g/mol. The second kappa shape index (κ2) is 5.07. The fourth-order valence-corrected chi connectivity index (χ4v) is 2.95. The van der Waals surface area contributed by atoms with E-state index in [4.69, 9.17) is 22.4 Å². The van der Waals surface area contributed by atoms with E-state index in [9.17, 15) is 9.59 Å². The first-order chi connectivity index (χ1) is 8.50. The van der Waals surface area contributed by atoms with Crippen LogP contribution in [0.5, 0.6) is 0 Å². The van der Waals surface area contributed by atoms with Crippen molar-refractivity contribution in [1.82, 2.24) is 4.90 Å². The smallest absolute Gasteiger partial charge is 0.327 e. The van der Waals surface area contributed by atoms with Gasteiger partial charge in [0.1, 0.15) is 6.04 Å². The SMILES string of the molecule is Nc1cc(C(=O)N2CSCC2C(=O)O)ccc1Cl. The molecule has 1 atom stereocenters. The van der Waals surface area contributed by atoms with Crippen LogP contribution in [0.4, 0.5) is 5.69 Å². The van der Waals surface area contributed by atoms with E-state index in [0.717, 1.165) is 0 Å². The van der Waals surface area contributed by atoms with Crippen LogP contribution in [0, 0.1) is 0 Å². The number of hydrogen-bond acceptors (Lipinski definition) is 4. The van der Waals surface area contributed by atoms with Crippen LogP contribution in [-0.2, 0) is 4.79 Å². The largest absolute Gasteiger partial charge is 0.480 e. The first kappa shape index (κ1) is 13.0. The Kier molecular flexibility index (Phi) is 3.68. The molecule has 0 saturated carbocycles. The Labute approximate surface area is 113 Å². The standard InChI is InChI=1S/C11H11ClN2O3S/c12-7-2-1-6(3-8(7)13)10(15)14-5-18-4-9(14)11(16)17/h1-3,9H,4-5,13H2,(H,16,17). The van der Waals surface area contributed by atoms with Crippen LogP contribution >= 0.6 is 23.4 Å². The Balaban J connectivity index is 2.25. The number of carboxylic acids is 1. The summed E-state index contributed by atoms with van der Waals surface area (Å²) >= 11 is 7.19. The average molecular weight is 287 g/mol. The zero-order valence-electron chi connectivity index (χ0n) is 9.30. The van der Waals surface area contributed by atoms with E-state index in [1.807, 2.05) is 0 Å². The van der Waals surface area contributed by atoms with Gasteiger partial charge in [-0.15, -0.1) is 11.8 Å². The minimum Gasteiger partial charge on any atom is -0.480 e. The van der Waals surface area contributed by atoms with Gasteiger partial charge in [0.15, 0.2) is 0 Å². The van der Waals surface area contributed by atoms with Gasteiger partial charge in [0.05, 0.1) is 16.6 Å². The highest BCUT2D eigenvalue weighted by molar-refractivity contribution is 7.99. The lowest BCUT2D eigenvalue weighted by Crippen LogP contribution is -2.41. The Hall–Kier alpha value is -1.40. The number of benzene rings is 1. The number of anilines is 1. The maximum absolute atomic E-state index is 12.2. The molecule has 0 radical (unpaired) electrons. The van der Waals surface area contributed by atoms with Gasteiger partial charge in [-0.05, 0) is 18.2 Å². The molecular formula is C11H11ClN2O3S. The predicted molar refractivity (Wildman–Crippen MR) is 70.8 cm³/mol. The van der Waals surface area contributed by atoms with Crippen LogP contribution in [0.2, 0.25) is 5.02 Å². The molecule has 1 aliphatic heterocycles. The third-order valence-corrected chi connectivity index (χ3v) is 4.03. The van der Waals surface area contributed by atoms with Gasteiger partial charge in [0, 0.05) is 11.3 Å². The fraction of sp³-hybridized carbons (Fsp3) is 0.273. The van der Waals surface area contributed by atoms with Crippen molar-refractivity contribution in [2.45, 2.75) is 6.04 Å². The summed E-state index contributed by atoms with van der Waals surface area (Å²) in [5.74, 6) is -0.547. The van der Waals surface area contributed by atoms with Crippen molar-refractivity contribution >= 4 is 40.9 Å². The van der Waals surface area contributed by atoms with E-state index in [0.29, 0.717) is 27.9 Å². The van der Waals surface area contributed by atoms with Crippen molar-refractivity contribution in [3.8, 4) is 0 Å². The number of thioether (sulfide) groups is 1. The summed E-state index contributed by atoms with van der Waals surface area (Å²) in [4.78, 5) is 24.5. The normalized spacial score (nSPS) is 18.9. The molecule has 1 unspecified atom stereocenters. The maximum atomic E-state index is 12.2. The van der Waals surface area contributed by atoms with Gasteiger partial charge in [-0.1, -0.05) is 11.6 Å². The number of amides is 1. The van der Waals surface area contributed by atoms with Crippen LogP contribution in [-0.4, -0.2) is 39.6 Å². The van der Waals surface area contributed by atoms with Gasteiger partial charge in [0.2, 0.25) is 0 Å². The molecule has 1 aromatic rings. The number of nitrogens with zero attached hydrogens (tertiary/aromatic N) is 1. The quantitative estimate of drug-likeness (QED) is 0.806. The van der Waals surface area contributed by atoms with Gasteiger partial charge in [-0.2, -0.15) is 0 Å². The molecule has 2 rings (SSSR count). The lowest BCUT2D eigenvalue weighted by Gasteiger charge is -2.20. The molecule has 0 aromatic heterocycles. The highest BCUT2D eigenvalue weighted by Crippen LogP contribution is 2.25. The van der Waals surface area contributed by atoms with E-state index in [1.54, 1.807) is 6.07 Å². The number of carbonyl (C=O) groups is 2. The van der Waals surface area contributed by atoms with Gasteiger partial charge in [-0.3, -0.25) is 4.79 Å². The lowest BCUT2D eigenvalue weighted by atomic mass is 10.1. The predicted octanol–water partition coefficient (Wildman–Crippen LogP) is 1.52. The summed E-state index contributed by atoms with van der Waals surface area (Å²) in [6.45, 7) is 0. The second-order valence-corrected chi connectivity index (χ2v) is 5.27. The molecular weight excluding hydrogens is 276 g/mol. The molecule has 5 nitrogen and oxygen atoms in total. The third kappa shape index (κ3) is 2.39. The van der Waals surface area contributed by atoms with Crippen LogP contribution in [0.25, 0.3) is 0 Å². The summed E-state index contributed by atoms with van der Waals surface area (Å²) in [7, 11) is 0. The molecule has 18 heavy (non-hydrogen) atoms. The number of nitrogen functional groups attached to an aromatic ring is 1. The zero-order valence-corrected chi connectivity index (χ0v) is 10.9. The summed E-state index contributed by atoms with van der Waals surface area (Å²) in [6, 6.07) is 3.76. The van der Waals surface area contributed by atoms with Gasteiger partial charge in [0.25, 0.3) is 5.91 Å². The summed E-state index contributed by atoms with van der Waals surface area (Å²) < 4.78 is 0.